The summed E-state index contributed by atoms with van der Waals surface area (Å²) in [5.74, 6) is -1.06. The van der Waals surface area contributed by atoms with E-state index in [4.69, 9.17) is 14.2 Å². The van der Waals surface area contributed by atoms with Gasteiger partial charge in [-0.05, 0) is 96.3 Å². The Labute approximate surface area is 407 Å². The highest BCUT2D eigenvalue weighted by molar-refractivity contribution is 5.72. The van der Waals surface area contributed by atoms with E-state index in [1.807, 2.05) is 6.08 Å². The van der Waals surface area contributed by atoms with Crippen molar-refractivity contribution in [3.63, 3.8) is 0 Å². The molecule has 1 atom stereocenters. The van der Waals surface area contributed by atoms with Crippen molar-refractivity contribution in [3.05, 3.63) is 85.1 Å². The molecule has 0 N–H and O–H groups in total. The van der Waals surface area contributed by atoms with E-state index in [9.17, 15) is 14.4 Å². The summed E-state index contributed by atoms with van der Waals surface area (Å²) >= 11 is 0. The second kappa shape index (κ2) is 54.2. The zero-order chi connectivity index (χ0) is 47.9. The monoisotopic (exact) mass is 919 g/mol. The summed E-state index contributed by atoms with van der Waals surface area (Å²) < 4.78 is 16.7. The first kappa shape index (κ1) is 62.6. The number of ether oxygens (including phenoxy) is 3. The molecule has 0 aliphatic rings. The summed E-state index contributed by atoms with van der Waals surface area (Å²) in [6, 6.07) is 0. The van der Waals surface area contributed by atoms with E-state index in [1.165, 1.54) is 135 Å². The summed E-state index contributed by atoms with van der Waals surface area (Å²) in [5.41, 5.74) is 0. The average Bonchev–Trinajstić information content (AvgIpc) is 3.31. The number of esters is 3. The highest BCUT2D eigenvalue weighted by Crippen LogP contribution is 2.14. The van der Waals surface area contributed by atoms with Crippen LogP contribution in [0.3, 0.4) is 0 Å². The van der Waals surface area contributed by atoms with Crippen LogP contribution in [0.5, 0.6) is 0 Å². The van der Waals surface area contributed by atoms with Crippen LogP contribution in [-0.2, 0) is 28.6 Å². The summed E-state index contributed by atoms with van der Waals surface area (Å²) in [6.07, 6.45) is 70.3. The summed E-state index contributed by atoms with van der Waals surface area (Å²) in [4.78, 5) is 38.0. The van der Waals surface area contributed by atoms with Gasteiger partial charge in [-0.2, -0.15) is 0 Å². The molecule has 0 amide bonds. The normalized spacial score (nSPS) is 12.7. The molecule has 0 radical (unpaired) electrons. The molecule has 0 spiro atoms. The Morgan fingerprint density at radius 2 is 0.636 bits per heavy atom. The molecule has 6 nitrogen and oxygen atoms in total. The van der Waals surface area contributed by atoms with Crippen LogP contribution in [0.4, 0.5) is 0 Å². The van der Waals surface area contributed by atoms with Crippen molar-refractivity contribution in [3.8, 4) is 0 Å². The quantitative estimate of drug-likeness (QED) is 0.0262. The fourth-order valence-electron chi connectivity index (χ4n) is 7.51. The first-order valence-corrected chi connectivity index (χ1v) is 27.6. The molecule has 0 aliphatic heterocycles. The third kappa shape index (κ3) is 51.6. The van der Waals surface area contributed by atoms with Crippen molar-refractivity contribution >= 4 is 17.9 Å². The Balaban J connectivity index is 4.42. The Morgan fingerprint density at radius 3 is 1.02 bits per heavy atom. The first-order valence-electron chi connectivity index (χ1n) is 27.6. The van der Waals surface area contributed by atoms with Gasteiger partial charge in [0.05, 0.1) is 6.42 Å². The zero-order valence-corrected chi connectivity index (χ0v) is 43.2. The number of rotatable bonds is 49. The van der Waals surface area contributed by atoms with Crippen LogP contribution < -0.4 is 0 Å². The smallest absolute Gasteiger partial charge is 0.310 e. The van der Waals surface area contributed by atoms with Crippen molar-refractivity contribution in [1.82, 2.24) is 0 Å². The van der Waals surface area contributed by atoms with Crippen LogP contribution in [0, 0.1) is 0 Å². The van der Waals surface area contributed by atoms with Gasteiger partial charge in [0, 0.05) is 12.8 Å². The van der Waals surface area contributed by atoms with Gasteiger partial charge in [-0.3, -0.25) is 14.4 Å². The molecule has 378 valence electrons. The van der Waals surface area contributed by atoms with E-state index in [-0.39, 0.29) is 31.6 Å². The van der Waals surface area contributed by atoms with Crippen LogP contribution in [0.2, 0.25) is 0 Å². The number of carbonyl (C=O) groups excluding carboxylic acids is 3. The Bertz CT molecular complexity index is 1290. The lowest BCUT2D eigenvalue weighted by atomic mass is 10.1. The molecule has 0 saturated heterocycles. The highest BCUT2D eigenvalue weighted by Gasteiger charge is 2.19. The van der Waals surface area contributed by atoms with Gasteiger partial charge in [0.15, 0.2) is 6.10 Å². The first-order chi connectivity index (χ1) is 32.5. The maximum atomic E-state index is 12.7. The third-order valence-electron chi connectivity index (χ3n) is 11.6. The maximum Gasteiger partial charge on any atom is 0.310 e. The fourth-order valence-corrected chi connectivity index (χ4v) is 7.51. The van der Waals surface area contributed by atoms with E-state index in [0.29, 0.717) is 12.8 Å². The van der Waals surface area contributed by atoms with Crippen LogP contribution in [0.1, 0.15) is 258 Å². The summed E-state index contributed by atoms with van der Waals surface area (Å²) in [7, 11) is 0. The van der Waals surface area contributed by atoms with Crippen molar-refractivity contribution in [1.29, 1.82) is 0 Å². The summed E-state index contributed by atoms with van der Waals surface area (Å²) in [5, 5.41) is 0. The molecular weight excluding hydrogens is 817 g/mol. The minimum atomic E-state index is -0.834. The number of hydrogen-bond acceptors (Lipinski definition) is 6. The zero-order valence-electron chi connectivity index (χ0n) is 43.2. The van der Waals surface area contributed by atoms with Crippen LogP contribution in [0.15, 0.2) is 85.1 Å². The van der Waals surface area contributed by atoms with Crippen molar-refractivity contribution in [2.75, 3.05) is 13.2 Å². The van der Waals surface area contributed by atoms with Gasteiger partial charge in [-0.1, -0.05) is 228 Å². The molecule has 0 fully saturated rings. The Hall–Kier alpha value is -3.41. The lowest BCUT2D eigenvalue weighted by Gasteiger charge is -2.18. The molecule has 0 aromatic carbocycles. The third-order valence-corrected chi connectivity index (χ3v) is 11.6. The largest absolute Gasteiger partial charge is 0.462 e. The topological polar surface area (TPSA) is 78.9 Å². The molecule has 0 rings (SSSR count). The molecule has 0 bridgehead atoms. The Kier molecular flexibility index (Phi) is 51.4. The molecule has 6 heteroatoms. The van der Waals surface area contributed by atoms with E-state index < -0.39 is 12.1 Å². The average molecular weight is 919 g/mol. The minimum absolute atomic E-state index is 0.0946. The lowest BCUT2D eigenvalue weighted by Crippen LogP contribution is -2.30. The van der Waals surface area contributed by atoms with E-state index in [1.54, 1.807) is 6.08 Å². The molecule has 0 aliphatic carbocycles. The van der Waals surface area contributed by atoms with Gasteiger partial charge in [0.25, 0.3) is 0 Å². The van der Waals surface area contributed by atoms with Gasteiger partial charge in [0.2, 0.25) is 0 Å². The molecule has 1 unspecified atom stereocenters. The number of allylic oxidation sites excluding steroid dienone is 13. The molecule has 0 saturated carbocycles. The fraction of sp³-hybridized carbons (Fsp3) is 0.717. The molecular formula is C60H102O6. The van der Waals surface area contributed by atoms with Gasteiger partial charge in [-0.25, -0.2) is 0 Å². The number of carbonyl (C=O) groups is 3. The van der Waals surface area contributed by atoms with Crippen LogP contribution >= 0.6 is 0 Å². The van der Waals surface area contributed by atoms with E-state index in [2.05, 4.69) is 93.7 Å². The number of hydrogen-bond donors (Lipinski definition) is 0. The van der Waals surface area contributed by atoms with Crippen molar-refractivity contribution in [2.24, 2.45) is 0 Å². The second-order valence-electron chi connectivity index (χ2n) is 18.1. The minimum Gasteiger partial charge on any atom is -0.462 e. The van der Waals surface area contributed by atoms with Gasteiger partial charge >= 0.3 is 17.9 Å². The van der Waals surface area contributed by atoms with Crippen molar-refractivity contribution in [2.45, 2.75) is 264 Å². The summed E-state index contributed by atoms with van der Waals surface area (Å²) in [6.45, 7) is 6.41. The van der Waals surface area contributed by atoms with Gasteiger partial charge in [-0.15, -0.1) is 0 Å². The Morgan fingerprint density at radius 1 is 0.333 bits per heavy atom. The standard InChI is InChI=1S/C60H102O6/c1-4-7-10-13-16-19-22-25-27-28-29-30-31-32-34-35-38-41-44-47-50-53-59(62)65-56-57(55-64-58(61)52-49-46-43-40-37-24-21-18-15-12-9-6-3)66-60(63)54-51-48-45-42-39-36-33-26-23-20-17-14-11-8-5-2/h8,11,17-18,20-21,26,28-29,33,39,42,48,51,57H,4-7,9-10,12-16,19,22-25,27,30-32,34-38,40-41,43-47,49-50,52-56H2,1-3H3/b11-8-,20-17-,21-18-,29-28-,33-26-,42-39-,51-48-. The van der Waals surface area contributed by atoms with Crippen LogP contribution in [0.25, 0.3) is 0 Å². The maximum absolute atomic E-state index is 12.7. The molecule has 66 heavy (non-hydrogen) atoms. The molecule has 0 heterocycles. The lowest BCUT2D eigenvalue weighted by molar-refractivity contribution is -0.166. The second-order valence-corrected chi connectivity index (χ2v) is 18.1. The van der Waals surface area contributed by atoms with Crippen LogP contribution in [-0.4, -0.2) is 37.2 Å². The predicted octanol–water partition coefficient (Wildman–Crippen LogP) is 18.4. The van der Waals surface area contributed by atoms with Gasteiger partial charge in [0.1, 0.15) is 13.2 Å². The number of unbranched alkanes of at least 4 members (excludes halogenated alkanes) is 25. The predicted molar refractivity (Wildman–Crippen MR) is 284 cm³/mol. The SMILES string of the molecule is CC/C=C\C/C=C\C/C=C\C/C=C\C/C=C\CC(=O)OC(COC(=O)CCCCCCC/C=C\CCCCC)COC(=O)CCCCCCCCCCC/C=C\CCCCCCCCCC. The highest BCUT2D eigenvalue weighted by atomic mass is 16.6. The van der Waals surface area contributed by atoms with E-state index >= 15 is 0 Å². The molecule has 0 aromatic rings. The molecule has 0 aromatic heterocycles. The van der Waals surface area contributed by atoms with Crippen molar-refractivity contribution < 1.29 is 28.6 Å². The van der Waals surface area contributed by atoms with Gasteiger partial charge < -0.3 is 14.2 Å². The van der Waals surface area contributed by atoms with E-state index in [0.717, 1.165) is 83.5 Å².